The molecule has 0 saturated heterocycles. The van der Waals surface area contributed by atoms with Gasteiger partial charge in [0.25, 0.3) is 0 Å². The summed E-state index contributed by atoms with van der Waals surface area (Å²) in [5, 5.41) is 3.20. The number of rotatable bonds is 5. The van der Waals surface area contributed by atoms with Crippen molar-refractivity contribution in [3.63, 3.8) is 0 Å². The highest BCUT2D eigenvalue weighted by Gasteiger charge is 2.10. The molecule has 0 bridgehead atoms. The van der Waals surface area contributed by atoms with Crippen molar-refractivity contribution in [2.75, 3.05) is 7.05 Å². The second-order valence-electron chi connectivity index (χ2n) is 4.47. The van der Waals surface area contributed by atoms with Crippen molar-refractivity contribution in [2.24, 2.45) is 5.92 Å². The Morgan fingerprint density at radius 3 is 2.62 bits per heavy atom. The van der Waals surface area contributed by atoms with Crippen LogP contribution in [-0.4, -0.2) is 13.1 Å². The Hall–Kier alpha value is -0.410. The molecule has 2 atom stereocenters. The van der Waals surface area contributed by atoms with Gasteiger partial charge >= 0.3 is 0 Å². The van der Waals surface area contributed by atoms with E-state index in [4.69, 9.17) is 0 Å². The van der Waals surface area contributed by atoms with Gasteiger partial charge in [0.05, 0.1) is 0 Å². The SMILES string of the molecule is CNC(C)CC(C)Cc1ccc(Br)cc1F. The summed E-state index contributed by atoms with van der Waals surface area (Å²) < 4.78 is 14.4. The zero-order valence-corrected chi connectivity index (χ0v) is 11.6. The van der Waals surface area contributed by atoms with Crippen LogP contribution in [0.5, 0.6) is 0 Å². The van der Waals surface area contributed by atoms with E-state index in [1.165, 1.54) is 6.07 Å². The smallest absolute Gasteiger partial charge is 0.127 e. The first-order valence-corrected chi connectivity index (χ1v) is 6.43. The molecule has 1 nitrogen and oxygen atoms in total. The quantitative estimate of drug-likeness (QED) is 0.869. The molecule has 0 fully saturated rings. The van der Waals surface area contributed by atoms with Crippen LogP contribution < -0.4 is 5.32 Å². The minimum atomic E-state index is -0.113. The van der Waals surface area contributed by atoms with E-state index in [-0.39, 0.29) is 5.82 Å². The van der Waals surface area contributed by atoms with Crippen LogP contribution in [0.2, 0.25) is 0 Å². The molecule has 0 amide bonds. The van der Waals surface area contributed by atoms with E-state index in [9.17, 15) is 4.39 Å². The lowest BCUT2D eigenvalue weighted by molar-refractivity contribution is 0.434. The van der Waals surface area contributed by atoms with Gasteiger partial charge in [0.2, 0.25) is 0 Å². The molecule has 1 N–H and O–H groups in total. The van der Waals surface area contributed by atoms with E-state index in [2.05, 4.69) is 35.1 Å². The molecule has 0 radical (unpaired) electrons. The van der Waals surface area contributed by atoms with Gasteiger partial charge in [-0.15, -0.1) is 0 Å². The molecule has 90 valence electrons. The molecular formula is C13H19BrFN. The number of benzene rings is 1. The van der Waals surface area contributed by atoms with Crippen molar-refractivity contribution >= 4 is 15.9 Å². The van der Waals surface area contributed by atoms with Gasteiger partial charge in [0.15, 0.2) is 0 Å². The highest BCUT2D eigenvalue weighted by molar-refractivity contribution is 9.10. The fraction of sp³-hybridized carbons (Fsp3) is 0.538. The second-order valence-corrected chi connectivity index (χ2v) is 5.39. The van der Waals surface area contributed by atoms with Gasteiger partial charge in [-0.1, -0.05) is 28.9 Å². The summed E-state index contributed by atoms with van der Waals surface area (Å²) in [6.45, 7) is 4.31. The van der Waals surface area contributed by atoms with Crippen LogP contribution in [0, 0.1) is 11.7 Å². The summed E-state index contributed by atoms with van der Waals surface area (Å²) in [7, 11) is 1.96. The number of hydrogen-bond acceptors (Lipinski definition) is 1. The summed E-state index contributed by atoms with van der Waals surface area (Å²) in [5.41, 5.74) is 0.805. The Kier molecular flexibility index (Phi) is 5.42. The topological polar surface area (TPSA) is 12.0 Å². The van der Waals surface area contributed by atoms with Crippen molar-refractivity contribution in [3.05, 3.63) is 34.1 Å². The van der Waals surface area contributed by atoms with Crippen LogP contribution in [-0.2, 0) is 6.42 Å². The van der Waals surface area contributed by atoms with E-state index >= 15 is 0 Å². The largest absolute Gasteiger partial charge is 0.317 e. The van der Waals surface area contributed by atoms with Crippen molar-refractivity contribution in [1.82, 2.24) is 5.32 Å². The van der Waals surface area contributed by atoms with E-state index in [1.54, 1.807) is 0 Å². The van der Waals surface area contributed by atoms with Gasteiger partial charge in [0, 0.05) is 10.5 Å². The summed E-state index contributed by atoms with van der Waals surface area (Å²) in [6.07, 6.45) is 1.86. The van der Waals surface area contributed by atoms with Gasteiger partial charge in [-0.25, -0.2) is 4.39 Å². The monoisotopic (exact) mass is 287 g/mol. The maximum atomic E-state index is 13.6. The lowest BCUT2D eigenvalue weighted by Crippen LogP contribution is -2.24. The molecule has 0 spiro atoms. The molecule has 0 aromatic heterocycles. The van der Waals surface area contributed by atoms with Gasteiger partial charge in [-0.2, -0.15) is 0 Å². The van der Waals surface area contributed by atoms with Crippen LogP contribution in [0.4, 0.5) is 4.39 Å². The van der Waals surface area contributed by atoms with E-state index in [1.807, 2.05) is 19.2 Å². The van der Waals surface area contributed by atoms with Crippen LogP contribution >= 0.6 is 15.9 Å². The molecule has 0 aliphatic rings. The van der Waals surface area contributed by atoms with Gasteiger partial charge in [-0.3, -0.25) is 0 Å². The number of nitrogens with one attached hydrogen (secondary N) is 1. The van der Waals surface area contributed by atoms with Crippen molar-refractivity contribution < 1.29 is 4.39 Å². The minimum Gasteiger partial charge on any atom is -0.317 e. The molecule has 0 aliphatic carbocycles. The molecule has 0 saturated carbocycles. The predicted octanol–water partition coefficient (Wildman–Crippen LogP) is 3.76. The number of halogens is 2. The highest BCUT2D eigenvalue weighted by atomic mass is 79.9. The van der Waals surface area contributed by atoms with Crippen molar-refractivity contribution in [1.29, 1.82) is 0 Å². The Morgan fingerprint density at radius 1 is 1.38 bits per heavy atom. The molecule has 3 heteroatoms. The van der Waals surface area contributed by atoms with Crippen molar-refractivity contribution in [3.8, 4) is 0 Å². The summed E-state index contributed by atoms with van der Waals surface area (Å²) >= 11 is 3.26. The van der Waals surface area contributed by atoms with Gasteiger partial charge < -0.3 is 5.32 Å². The van der Waals surface area contributed by atoms with Crippen LogP contribution in [0.15, 0.2) is 22.7 Å². The zero-order chi connectivity index (χ0) is 12.1. The Morgan fingerprint density at radius 2 is 2.06 bits per heavy atom. The Balaban J connectivity index is 2.59. The standard InChI is InChI=1S/C13H19BrFN/c1-9(6-10(2)16-3)7-11-4-5-12(14)8-13(11)15/h4-5,8-10,16H,6-7H2,1-3H3. The normalized spacial score (nSPS) is 14.8. The second kappa shape index (κ2) is 6.36. The summed E-state index contributed by atoms with van der Waals surface area (Å²) in [4.78, 5) is 0. The van der Waals surface area contributed by atoms with Gasteiger partial charge in [-0.05, 0) is 50.4 Å². The molecule has 0 heterocycles. The summed E-state index contributed by atoms with van der Waals surface area (Å²) in [6, 6.07) is 5.77. The predicted molar refractivity (Wildman–Crippen MR) is 70.1 cm³/mol. The molecule has 2 unspecified atom stereocenters. The third-order valence-electron chi connectivity index (χ3n) is 2.83. The first kappa shape index (κ1) is 13.7. The summed E-state index contributed by atoms with van der Waals surface area (Å²) in [5.74, 6) is 0.372. The maximum Gasteiger partial charge on any atom is 0.127 e. The fourth-order valence-electron chi connectivity index (χ4n) is 1.87. The van der Waals surface area contributed by atoms with E-state index < -0.39 is 0 Å². The first-order chi connectivity index (χ1) is 7.52. The van der Waals surface area contributed by atoms with E-state index in [0.29, 0.717) is 12.0 Å². The third-order valence-corrected chi connectivity index (χ3v) is 3.33. The average molecular weight is 288 g/mol. The number of hydrogen-bond donors (Lipinski definition) is 1. The first-order valence-electron chi connectivity index (χ1n) is 5.64. The average Bonchev–Trinajstić information content (AvgIpc) is 2.22. The minimum absolute atomic E-state index is 0.113. The molecular weight excluding hydrogens is 269 g/mol. The van der Waals surface area contributed by atoms with Crippen LogP contribution in [0.3, 0.4) is 0 Å². The lowest BCUT2D eigenvalue weighted by Gasteiger charge is -2.17. The van der Waals surface area contributed by atoms with E-state index in [0.717, 1.165) is 22.9 Å². The molecule has 16 heavy (non-hydrogen) atoms. The molecule has 0 aliphatic heterocycles. The maximum absolute atomic E-state index is 13.6. The Bertz CT molecular complexity index is 341. The van der Waals surface area contributed by atoms with Crippen molar-refractivity contribution in [2.45, 2.75) is 32.7 Å². The molecule has 1 rings (SSSR count). The van der Waals surface area contributed by atoms with Crippen LogP contribution in [0.1, 0.15) is 25.8 Å². The molecule has 1 aromatic carbocycles. The fourth-order valence-corrected chi connectivity index (χ4v) is 2.20. The molecule has 1 aromatic rings. The Labute approximate surface area is 106 Å². The third kappa shape index (κ3) is 4.22. The highest BCUT2D eigenvalue weighted by Crippen LogP contribution is 2.20. The van der Waals surface area contributed by atoms with Gasteiger partial charge in [0.1, 0.15) is 5.82 Å². The zero-order valence-electron chi connectivity index (χ0n) is 10.1. The lowest BCUT2D eigenvalue weighted by atomic mass is 9.95. The van der Waals surface area contributed by atoms with Crippen LogP contribution in [0.25, 0.3) is 0 Å².